The zero-order valence-corrected chi connectivity index (χ0v) is 17.7. The van der Waals surface area contributed by atoms with Gasteiger partial charge in [-0.15, -0.1) is 0 Å². The number of hydrogen-bond acceptors (Lipinski definition) is 3. The standard InChI is InChI=1S/C20H17Br2N3O2/c1-12-17(11-23-25(12)15-5-2-13(21)3-6-15)20(26)24-18-8-9-27-19-7-4-14(22)10-16(18)19/h2-7,10-11,18H,8-9H2,1H3,(H,24,26). The van der Waals surface area contributed by atoms with Crippen LogP contribution in [0.15, 0.2) is 57.6 Å². The van der Waals surface area contributed by atoms with E-state index in [-0.39, 0.29) is 11.9 Å². The molecule has 2 aromatic carbocycles. The molecule has 1 aromatic heterocycles. The van der Waals surface area contributed by atoms with Crippen LogP contribution in [0.3, 0.4) is 0 Å². The smallest absolute Gasteiger partial charge is 0.255 e. The maximum atomic E-state index is 12.9. The van der Waals surface area contributed by atoms with Crippen LogP contribution in [0.2, 0.25) is 0 Å². The number of amides is 1. The third-order valence-electron chi connectivity index (χ3n) is 4.64. The summed E-state index contributed by atoms with van der Waals surface area (Å²) in [6.45, 7) is 2.48. The van der Waals surface area contributed by atoms with Crippen molar-refractivity contribution in [2.45, 2.75) is 19.4 Å². The highest BCUT2D eigenvalue weighted by molar-refractivity contribution is 9.10. The molecule has 1 amide bonds. The first-order chi connectivity index (χ1) is 13.0. The molecule has 5 nitrogen and oxygen atoms in total. The average Bonchev–Trinajstić information content (AvgIpc) is 3.04. The van der Waals surface area contributed by atoms with Gasteiger partial charge in [0.05, 0.1) is 35.8 Å². The van der Waals surface area contributed by atoms with Crippen molar-refractivity contribution in [2.24, 2.45) is 0 Å². The Kier molecular flexibility index (Phi) is 5.06. The molecule has 138 valence electrons. The van der Waals surface area contributed by atoms with Crippen molar-refractivity contribution in [3.8, 4) is 11.4 Å². The van der Waals surface area contributed by atoms with E-state index in [0.717, 1.165) is 38.1 Å². The third kappa shape index (κ3) is 3.66. The molecular formula is C20H17Br2N3O2. The molecular weight excluding hydrogens is 474 g/mol. The number of benzene rings is 2. The number of nitrogens with one attached hydrogen (secondary N) is 1. The summed E-state index contributed by atoms with van der Waals surface area (Å²) in [5.74, 6) is 0.686. The van der Waals surface area contributed by atoms with E-state index in [1.807, 2.05) is 49.4 Å². The van der Waals surface area contributed by atoms with E-state index in [1.54, 1.807) is 10.9 Å². The molecule has 0 saturated carbocycles. The van der Waals surface area contributed by atoms with Crippen molar-refractivity contribution < 1.29 is 9.53 Å². The molecule has 1 N–H and O–H groups in total. The van der Waals surface area contributed by atoms with Crippen LogP contribution in [0, 0.1) is 6.92 Å². The van der Waals surface area contributed by atoms with Gasteiger partial charge in [0.1, 0.15) is 5.75 Å². The molecule has 1 aliphatic rings. The minimum Gasteiger partial charge on any atom is -0.493 e. The second kappa shape index (κ2) is 7.48. The Labute approximate surface area is 174 Å². The number of hydrogen-bond donors (Lipinski definition) is 1. The van der Waals surface area contributed by atoms with Crippen LogP contribution < -0.4 is 10.1 Å². The molecule has 0 saturated heterocycles. The Morgan fingerprint density at radius 3 is 2.70 bits per heavy atom. The van der Waals surface area contributed by atoms with Crippen LogP contribution >= 0.6 is 31.9 Å². The SMILES string of the molecule is Cc1c(C(=O)NC2CCOc3ccc(Br)cc32)cnn1-c1ccc(Br)cc1. The van der Waals surface area contributed by atoms with Gasteiger partial charge in [-0.2, -0.15) is 5.10 Å². The molecule has 1 unspecified atom stereocenters. The highest BCUT2D eigenvalue weighted by Gasteiger charge is 2.25. The van der Waals surface area contributed by atoms with Crippen molar-refractivity contribution in [2.75, 3.05) is 6.61 Å². The summed E-state index contributed by atoms with van der Waals surface area (Å²) in [6, 6.07) is 13.6. The fourth-order valence-corrected chi connectivity index (χ4v) is 3.87. The second-order valence-corrected chi connectivity index (χ2v) is 8.21. The molecule has 4 rings (SSSR count). The van der Waals surface area contributed by atoms with Gasteiger partial charge in [0.25, 0.3) is 5.91 Å². The fourth-order valence-electron chi connectivity index (χ4n) is 3.23. The number of halogens is 2. The fraction of sp³-hybridized carbons (Fsp3) is 0.200. The Bertz CT molecular complexity index is 999. The van der Waals surface area contributed by atoms with Crippen LogP contribution in [-0.2, 0) is 0 Å². The number of aromatic nitrogens is 2. The minimum absolute atomic E-state index is 0.0887. The molecule has 0 spiro atoms. The molecule has 0 fully saturated rings. The van der Waals surface area contributed by atoms with Crippen molar-refractivity contribution in [3.63, 3.8) is 0 Å². The van der Waals surface area contributed by atoms with Gasteiger partial charge in [0.15, 0.2) is 0 Å². The van der Waals surface area contributed by atoms with Crippen molar-refractivity contribution in [1.29, 1.82) is 0 Å². The number of fused-ring (bicyclic) bond motifs is 1. The van der Waals surface area contributed by atoms with E-state index in [4.69, 9.17) is 4.74 Å². The lowest BCUT2D eigenvalue weighted by atomic mass is 10.00. The van der Waals surface area contributed by atoms with E-state index in [9.17, 15) is 4.79 Å². The number of ether oxygens (including phenoxy) is 1. The molecule has 1 atom stereocenters. The summed E-state index contributed by atoms with van der Waals surface area (Å²) in [5.41, 5.74) is 3.27. The maximum absolute atomic E-state index is 12.9. The van der Waals surface area contributed by atoms with E-state index < -0.39 is 0 Å². The Balaban J connectivity index is 1.58. The first kappa shape index (κ1) is 18.3. The van der Waals surface area contributed by atoms with Gasteiger partial charge in [0, 0.05) is 20.9 Å². The zero-order valence-electron chi connectivity index (χ0n) is 14.6. The van der Waals surface area contributed by atoms with E-state index in [2.05, 4.69) is 42.3 Å². The average molecular weight is 491 g/mol. The largest absolute Gasteiger partial charge is 0.493 e. The summed E-state index contributed by atoms with van der Waals surface area (Å²) in [4.78, 5) is 12.9. The quantitative estimate of drug-likeness (QED) is 0.564. The molecule has 7 heteroatoms. The second-order valence-electron chi connectivity index (χ2n) is 6.38. The predicted molar refractivity (Wildman–Crippen MR) is 110 cm³/mol. The highest BCUT2D eigenvalue weighted by atomic mass is 79.9. The van der Waals surface area contributed by atoms with Gasteiger partial charge in [-0.25, -0.2) is 4.68 Å². The first-order valence-corrected chi connectivity index (χ1v) is 10.1. The third-order valence-corrected chi connectivity index (χ3v) is 5.66. The summed E-state index contributed by atoms with van der Waals surface area (Å²) < 4.78 is 9.43. The van der Waals surface area contributed by atoms with Crippen molar-refractivity contribution in [1.82, 2.24) is 15.1 Å². The van der Waals surface area contributed by atoms with Crippen molar-refractivity contribution >= 4 is 37.8 Å². The minimum atomic E-state index is -0.131. The molecule has 0 radical (unpaired) electrons. The van der Waals surface area contributed by atoms with Gasteiger partial charge in [-0.05, 0) is 49.4 Å². The van der Waals surface area contributed by atoms with Crippen LogP contribution in [0.25, 0.3) is 5.69 Å². The molecule has 0 aliphatic carbocycles. The van der Waals surface area contributed by atoms with E-state index >= 15 is 0 Å². The monoisotopic (exact) mass is 489 g/mol. The Morgan fingerprint density at radius 1 is 1.19 bits per heavy atom. The summed E-state index contributed by atoms with van der Waals surface area (Å²) >= 11 is 6.92. The lowest BCUT2D eigenvalue weighted by molar-refractivity contribution is 0.0924. The summed E-state index contributed by atoms with van der Waals surface area (Å²) in [5, 5.41) is 7.53. The molecule has 1 aliphatic heterocycles. The highest BCUT2D eigenvalue weighted by Crippen LogP contribution is 2.34. The van der Waals surface area contributed by atoms with Gasteiger partial charge in [0.2, 0.25) is 0 Å². The molecule has 2 heterocycles. The number of rotatable bonds is 3. The number of nitrogens with zero attached hydrogens (tertiary/aromatic N) is 2. The van der Waals surface area contributed by atoms with Crippen LogP contribution in [0.1, 0.15) is 34.1 Å². The van der Waals surface area contributed by atoms with Gasteiger partial charge < -0.3 is 10.1 Å². The van der Waals surface area contributed by atoms with Gasteiger partial charge in [-0.1, -0.05) is 31.9 Å². The Hall–Kier alpha value is -2.12. The summed E-state index contributed by atoms with van der Waals surface area (Å²) in [7, 11) is 0. The number of carbonyl (C=O) groups excluding carboxylic acids is 1. The van der Waals surface area contributed by atoms with Gasteiger partial charge >= 0.3 is 0 Å². The summed E-state index contributed by atoms with van der Waals surface area (Å²) in [6.07, 6.45) is 2.35. The molecule has 27 heavy (non-hydrogen) atoms. The van der Waals surface area contributed by atoms with Crippen LogP contribution in [0.5, 0.6) is 5.75 Å². The predicted octanol–water partition coefficient (Wildman–Crippen LogP) is 4.96. The van der Waals surface area contributed by atoms with Crippen LogP contribution in [0.4, 0.5) is 0 Å². The normalized spacial score (nSPS) is 15.7. The van der Waals surface area contributed by atoms with Gasteiger partial charge in [-0.3, -0.25) is 4.79 Å². The zero-order chi connectivity index (χ0) is 19.0. The lowest BCUT2D eigenvalue weighted by Gasteiger charge is -2.27. The van der Waals surface area contributed by atoms with E-state index in [1.165, 1.54) is 0 Å². The van der Waals surface area contributed by atoms with Crippen molar-refractivity contribution in [3.05, 3.63) is 74.4 Å². The topological polar surface area (TPSA) is 56.1 Å². The van der Waals surface area contributed by atoms with E-state index in [0.29, 0.717) is 12.2 Å². The lowest BCUT2D eigenvalue weighted by Crippen LogP contribution is -2.32. The maximum Gasteiger partial charge on any atom is 0.255 e. The first-order valence-electron chi connectivity index (χ1n) is 8.56. The van der Waals surface area contributed by atoms with Crippen LogP contribution in [-0.4, -0.2) is 22.3 Å². The number of carbonyl (C=O) groups is 1. The molecule has 3 aromatic rings. The molecule has 0 bridgehead atoms. The Morgan fingerprint density at radius 2 is 1.93 bits per heavy atom.